The quantitative estimate of drug-likeness (QED) is 0.107. The molecule has 1 rings (SSSR count). The summed E-state index contributed by atoms with van der Waals surface area (Å²) in [5.41, 5.74) is 8.99. The molecule has 0 aliphatic heterocycles. The van der Waals surface area contributed by atoms with Crippen LogP contribution in [0.15, 0.2) is 22.7 Å². The lowest BCUT2D eigenvalue weighted by Gasteiger charge is -2.10. The first kappa shape index (κ1) is 16.3. The van der Waals surface area contributed by atoms with E-state index in [4.69, 9.17) is 21.3 Å². The average molecular weight is 318 g/mol. The second-order valence-electron chi connectivity index (χ2n) is 4.39. The first-order valence-corrected chi connectivity index (χ1v) is 10.9. The van der Waals surface area contributed by atoms with Gasteiger partial charge < -0.3 is 4.74 Å². The molecule has 0 unspecified atom stereocenters. The van der Waals surface area contributed by atoms with Crippen molar-refractivity contribution in [1.82, 2.24) is 9.97 Å². The van der Waals surface area contributed by atoms with Crippen LogP contribution in [0, 0.1) is 0 Å². The van der Waals surface area contributed by atoms with E-state index >= 15 is 0 Å². The zero-order valence-electron chi connectivity index (χ0n) is 10.9. The van der Waals surface area contributed by atoms with Gasteiger partial charge in [-0.1, -0.05) is 30.0 Å². The van der Waals surface area contributed by atoms with Crippen LogP contribution < -0.4 is 0 Å². The van der Waals surface area contributed by atoms with Crippen molar-refractivity contribution < 1.29 is 4.74 Å². The van der Waals surface area contributed by atoms with Gasteiger partial charge in [0.1, 0.15) is 0 Å². The first-order chi connectivity index (χ1) is 9.01. The summed E-state index contributed by atoms with van der Waals surface area (Å²) in [6.45, 7) is 5.33. The summed E-state index contributed by atoms with van der Waals surface area (Å²) in [4.78, 5) is 11.1. The van der Waals surface area contributed by atoms with E-state index in [2.05, 4.69) is 33.1 Å². The van der Waals surface area contributed by atoms with Gasteiger partial charge >= 0.3 is 0 Å². The van der Waals surface area contributed by atoms with Crippen LogP contribution >= 0.6 is 22.8 Å². The lowest BCUT2D eigenvalue weighted by atomic mass is 10.4. The van der Waals surface area contributed by atoms with E-state index in [9.17, 15) is 0 Å². The van der Waals surface area contributed by atoms with E-state index in [1.165, 1.54) is 0 Å². The number of aromatic nitrogens is 2. The average Bonchev–Trinajstić information content (AvgIpc) is 2.37. The third kappa shape index (κ3) is 8.07. The second kappa shape index (κ2) is 8.39. The molecule has 0 saturated heterocycles. The molecule has 0 atom stereocenters. The van der Waals surface area contributed by atoms with Crippen molar-refractivity contribution in [3.63, 3.8) is 0 Å². The van der Waals surface area contributed by atoms with Gasteiger partial charge in [0.25, 0.3) is 0 Å². The highest BCUT2D eigenvalue weighted by molar-refractivity contribution is 8.01. The van der Waals surface area contributed by atoms with Gasteiger partial charge in [-0.15, -0.1) is 0 Å². The molecule has 1 heterocycles. The Morgan fingerprint density at radius 3 is 2.74 bits per heavy atom. The van der Waals surface area contributed by atoms with Crippen molar-refractivity contribution in [2.75, 3.05) is 18.5 Å². The Morgan fingerprint density at radius 2 is 2.16 bits per heavy atom. The molecule has 104 valence electrons. The molecule has 1 aromatic rings. The summed E-state index contributed by atoms with van der Waals surface area (Å²) in [6, 6.07) is 0. The molecule has 0 N–H and O–H groups in total. The van der Waals surface area contributed by atoms with E-state index < -0.39 is 7.38 Å². The summed E-state index contributed by atoms with van der Waals surface area (Å²) in [5.74, 6) is 0. The van der Waals surface area contributed by atoms with E-state index in [0.29, 0.717) is 19.8 Å². The molecule has 0 aliphatic carbocycles. The van der Waals surface area contributed by atoms with Crippen LogP contribution in [0.25, 0.3) is 10.4 Å². The van der Waals surface area contributed by atoms with Gasteiger partial charge in [0.15, 0.2) is 12.5 Å². The maximum Gasteiger partial charge on any atom is 0.187 e. The molecule has 0 amide bonds. The van der Waals surface area contributed by atoms with Gasteiger partial charge in [-0.2, -0.15) is 11.1 Å². The Balaban J connectivity index is 2.33. The van der Waals surface area contributed by atoms with E-state index in [1.807, 2.05) is 0 Å². The molecule has 19 heavy (non-hydrogen) atoms. The third-order valence-electron chi connectivity index (χ3n) is 1.89. The van der Waals surface area contributed by atoms with Crippen molar-refractivity contribution in [1.29, 1.82) is 0 Å². The van der Waals surface area contributed by atoms with Crippen LogP contribution in [0.3, 0.4) is 0 Å². The molecule has 0 radical (unpaired) electrons. The Labute approximate surface area is 122 Å². The van der Waals surface area contributed by atoms with Crippen molar-refractivity contribution in [3.05, 3.63) is 28.4 Å². The number of halogens is 1. The molecule has 0 fully saturated rings. The molecule has 1 aromatic heterocycles. The molecular weight excluding hydrogens is 302 g/mol. The monoisotopic (exact) mass is 317 g/mol. The van der Waals surface area contributed by atoms with Crippen LogP contribution in [0.2, 0.25) is 13.1 Å². The Morgan fingerprint density at radius 1 is 1.47 bits per heavy atom. The molecular formula is C10H16ClN5OSSi. The smallest absolute Gasteiger partial charge is 0.187 e. The third-order valence-corrected chi connectivity index (χ3v) is 6.67. The van der Waals surface area contributed by atoms with Crippen LogP contribution in [-0.4, -0.2) is 35.9 Å². The van der Waals surface area contributed by atoms with Crippen LogP contribution in [0.4, 0.5) is 0 Å². The van der Waals surface area contributed by atoms with E-state index in [-0.39, 0.29) is 0 Å². The standard InChI is InChI=1S/C10H16ClN5OSSi/c1-19(2,11)8-18-10-13-5-9(6-14-10)7-17-4-3-15-16-12/h5-6H,3-4,7-8H2,1-2H3. The van der Waals surface area contributed by atoms with Crippen molar-refractivity contribution in [2.45, 2.75) is 24.9 Å². The number of ether oxygens (including phenoxy) is 1. The lowest BCUT2D eigenvalue weighted by Crippen LogP contribution is -2.20. The molecule has 0 spiro atoms. The Bertz CT molecular complexity index is 433. The molecule has 0 saturated carbocycles. The van der Waals surface area contributed by atoms with Crippen LogP contribution in [-0.2, 0) is 11.3 Å². The SMILES string of the molecule is C[Si](C)(Cl)CSc1ncc(COCCN=[N+]=[N-])cn1. The van der Waals surface area contributed by atoms with Crippen molar-refractivity contribution in [2.24, 2.45) is 5.11 Å². The molecule has 0 aliphatic rings. The maximum atomic E-state index is 8.09. The number of azide groups is 1. The van der Waals surface area contributed by atoms with Gasteiger partial charge in [0, 0.05) is 34.8 Å². The Kier molecular flexibility index (Phi) is 7.18. The summed E-state index contributed by atoms with van der Waals surface area (Å²) in [5, 5.41) is 5.00. The van der Waals surface area contributed by atoms with Gasteiger partial charge in [0.2, 0.25) is 0 Å². The van der Waals surface area contributed by atoms with E-state index in [0.717, 1.165) is 16.1 Å². The Hall–Kier alpha value is -0.793. The predicted octanol–water partition coefficient (Wildman–Crippen LogP) is 3.38. The molecule has 0 aromatic carbocycles. The second-order valence-corrected chi connectivity index (χ2v) is 12.7. The van der Waals surface area contributed by atoms with Gasteiger partial charge in [-0.25, -0.2) is 9.97 Å². The topological polar surface area (TPSA) is 83.8 Å². The molecule has 6 nitrogen and oxygen atoms in total. The minimum absolute atomic E-state index is 0.334. The highest BCUT2D eigenvalue weighted by atomic mass is 35.6. The minimum Gasteiger partial charge on any atom is -0.377 e. The fraction of sp³-hybridized carbons (Fsp3) is 0.600. The van der Waals surface area contributed by atoms with Crippen LogP contribution in [0.5, 0.6) is 0 Å². The van der Waals surface area contributed by atoms with Crippen molar-refractivity contribution in [3.8, 4) is 0 Å². The first-order valence-electron chi connectivity index (χ1n) is 5.72. The van der Waals surface area contributed by atoms with E-state index in [1.54, 1.807) is 24.2 Å². The zero-order chi connectivity index (χ0) is 14.1. The normalized spacial score (nSPS) is 11.1. The number of thioether (sulfide) groups is 1. The zero-order valence-corrected chi connectivity index (χ0v) is 13.5. The summed E-state index contributed by atoms with van der Waals surface area (Å²) >= 11 is 7.82. The fourth-order valence-electron chi connectivity index (χ4n) is 1.07. The molecule has 9 heteroatoms. The minimum atomic E-state index is -1.60. The fourth-order valence-corrected chi connectivity index (χ4v) is 3.70. The van der Waals surface area contributed by atoms with Crippen LogP contribution in [0.1, 0.15) is 5.56 Å². The largest absolute Gasteiger partial charge is 0.377 e. The highest BCUT2D eigenvalue weighted by Gasteiger charge is 2.17. The maximum absolute atomic E-state index is 8.09. The van der Waals surface area contributed by atoms with Crippen molar-refractivity contribution >= 4 is 30.2 Å². The summed E-state index contributed by atoms with van der Waals surface area (Å²) < 4.78 is 5.31. The summed E-state index contributed by atoms with van der Waals surface area (Å²) in [6.07, 6.45) is 3.48. The van der Waals surface area contributed by atoms with Gasteiger partial charge in [-0.3, -0.25) is 0 Å². The lowest BCUT2D eigenvalue weighted by molar-refractivity contribution is 0.127. The number of nitrogens with zero attached hydrogens (tertiary/aromatic N) is 5. The highest BCUT2D eigenvalue weighted by Crippen LogP contribution is 2.20. The molecule has 0 bridgehead atoms. The number of hydrogen-bond acceptors (Lipinski definition) is 5. The summed E-state index contributed by atoms with van der Waals surface area (Å²) in [7, 11) is -1.60. The van der Waals surface area contributed by atoms with Gasteiger partial charge in [-0.05, 0) is 5.53 Å². The predicted molar refractivity (Wildman–Crippen MR) is 79.8 cm³/mol. The number of hydrogen-bond donors (Lipinski definition) is 0. The van der Waals surface area contributed by atoms with Gasteiger partial charge in [0.05, 0.1) is 13.2 Å². The number of rotatable bonds is 8.